The molecule has 1 aromatic rings. The van der Waals surface area contributed by atoms with Crippen LogP contribution in [0.4, 0.5) is 5.82 Å². The molecule has 0 radical (unpaired) electrons. The molecule has 1 atom stereocenters. The fourth-order valence-corrected chi connectivity index (χ4v) is 1.66. The van der Waals surface area contributed by atoms with Crippen molar-refractivity contribution in [2.24, 2.45) is 0 Å². The molecule has 0 aliphatic carbocycles. The number of hydrogen-bond acceptors (Lipinski definition) is 3. The summed E-state index contributed by atoms with van der Waals surface area (Å²) in [5.74, 6) is -0.587. The molecule has 1 rings (SSSR count). The highest BCUT2D eigenvalue weighted by Gasteiger charge is 2.24. The minimum atomic E-state index is -1.01. The van der Waals surface area contributed by atoms with Crippen LogP contribution in [0.3, 0.4) is 0 Å². The predicted octanol–water partition coefficient (Wildman–Crippen LogP) is 1.15. The lowest BCUT2D eigenvalue weighted by molar-refractivity contribution is -0.600. The number of quaternary nitrogens is 1. The Bertz CT molecular complexity index is 413. The summed E-state index contributed by atoms with van der Waals surface area (Å²) < 4.78 is 0.128. The maximum Gasteiger partial charge on any atom is 0.363 e. The van der Waals surface area contributed by atoms with Gasteiger partial charge in [0.05, 0.1) is 11.0 Å². The number of aromatic nitrogens is 1. The van der Waals surface area contributed by atoms with E-state index in [9.17, 15) is 4.79 Å². The molecule has 0 amide bonds. The highest BCUT2D eigenvalue weighted by molar-refractivity contribution is 9.18. The van der Waals surface area contributed by atoms with Gasteiger partial charge in [-0.1, -0.05) is 11.6 Å². The molecule has 5 nitrogen and oxygen atoms in total. The molecule has 1 heterocycles. The SMILES string of the molecule is N=C(Br)CC([NH2+]c1ncccc1Cl)C(=O)O. The minimum absolute atomic E-state index is 0.0856. The summed E-state index contributed by atoms with van der Waals surface area (Å²) in [5, 5.41) is 18.0. The number of carbonyl (C=O) groups is 1. The van der Waals surface area contributed by atoms with E-state index in [1.54, 1.807) is 12.1 Å². The molecule has 1 unspecified atom stereocenters. The average molecular weight is 308 g/mol. The maximum atomic E-state index is 10.9. The summed E-state index contributed by atoms with van der Waals surface area (Å²) in [4.78, 5) is 14.9. The predicted molar refractivity (Wildman–Crippen MR) is 63.5 cm³/mol. The van der Waals surface area contributed by atoms with Crippen molar-refractivity contribution in [3.63, 3.8) is 0 Å². The molecular formula is C9H10BrClN3O2+. The van der Waals surface area contributed by atoms with Crippen LogP contribution < -0.4 is 5.32 Å². The number of hydrogen-bond donors (Lipinski definition) is 3. The first-order valence-electron chi connectivity index (χ1n) is 4.42. The molecule has 0 saturated heterocycles. The number of nitrogens with zero attached hydrogens (tertiary/aromatic N) is 1. The van der Waals surface area contributed by atoms with Gasteiger partial charge in [-0.25, -0.2) is 9.78 Å². The smallest absolute Gasteiger partial charge is 0.363 e. The van der Waals surface area contributed by atoms with Crippen molar-refractivity contribution in [1.29, 1.82) is 5.41 Å². The van der Waals surface area contributed by atoms with Gasteiger partial charge >= 0.3 is 5.97 Å². The first-order chi connectivity index (χ1) is 7.50. The van der Waals surface area contributed by atoms with E-state index in [0.29, 0.717) is 10.8 Å². The van der Waals surface area contributed by atoms with Crippen molar-refractivity contribution < 1.29 is 15.2 Å². The summed E-state index contributed by atoms with van der Waals surface area (Å²) in [6, 6.07) is 2.50. The molecule has 0 aliphatic rings. The fourth-order valence-electron chi connectivity index (χ4n) is 1.12. The molecule has 4 N–H and O–H groups in total. The van der Waals surface area contributed by atoms with Crippen LogP contribution >= 0.6 is 27.5 Å². The van der Waals surface area contributed by atoms with Crippen LogP contribution in [0.15, 0.2) is 18.3 Å². The molecule has 0 aliphatic heterocycles. The Labute approximate surface area is 105 Å². The van der Waals surface area contributed by atoms with Gasteiger partial charge in [0.25, 0.3) is 0 Å². The number of nitrogens with two attached hydrogens (primary N) is 1. The Morgan fingerprint density at radius 1 is 1.75 bits per heavy atom. The van der Waals surface area contributed by atoms with Crippen LogP contribution in [-0.2, 0) is 4.79 Å². The summed E-state index contributed by atoms with van der Waals surface area (Å²) in [7, 11) is 0. The summed E-state index contributed by atoms with van der Waals surface area (Å²) in [6.07, 6.45) is 1.62. The third kappa shape index (κ3) is 3.88. The molecule has 0 spiro atoms. The van der Waals surface area contributed by atoms with Crippen molar-refractivity contribution >= 4 is 43.9 Å². The zero-order valence-corrected chi connectivity index (χ0v) is 10.5. The Kier molecular flexibility index (Phi) is 4.85. The van der Waals surface area contributed by atoms with Gasteiger partial charge in [0.2, 0.25) is 5.82 Å². The fraction of sp³-hybridized carbons (Fsp3) is 0.222. The van der Waals surface area contributed by atoms with Gasteiger partial charge < -0.3 is 5.11 Å². The van der Waals surface area contributed by atoms with E-state index < -0.39 is 12.0 Å². The van der Waals surface area contributed by atoms with Gasteiger partial charge in [-0.3, -0.25) is 10.7 Å². The van der Waals surface area contributed by atoms with E-state index in [0.717, 1.165) is 0 Å². The van der Waals surface area contributed by atoms with Gasteiger partial charge in [-0.05, 0) is 28.1 Å². The number of aliphatic carboxylic acids is 1. The first kappa shape index (κ1) is 13.1. The van der Waals surface area contributed by atoms with Crippen LogP contribution in [-0.4, -0.2) is 26.7 Å². The third-order valence-electron chi connectivity index (χ3n) is 1.86. The Balaban J connectivity index is 2.80. The normalized spacial score (nSPS) is 12.1. The van der Waals surface area contributed by atoms with Crippen LogP contribution in [0, 0.1) is 5.41 Å². The number of rotatable bonds is 5. The van der Waals surface area contributed by atoms with Crippen molar-refractivity contribution in [2.45, 2.75) is 12.5 Å². The number of carboxylic acids is 1. The highest BCUT2D eigenvalue weighted by Crippen LogP contribution is 2.12. The van der Waals surface area contributed by atoms with Gasteiger partial charge in [0.15, 0.2) is 6.04 Å². The standard InChI is InChI=1S/C9H9BrClN3O2/c10-7(12)4-6(9(15)16)14-8-5(11)2-1-3-13-8/h1-3,6,12H,4H2,(H,13,14)(H,15,16)/p+1. The quantitative estimate of drug-likeness (QED) is 0.713. The highest BCUT2D eigenvalue weighted by atomic mass is 79.9. The van der Waals surface area contributed by atoms with Gasteiger partial charge in [-0.15, -0.1) is 0 Å². The lowest BCUT2D eigenvalue weighted by Crippen LogP contribution is -2.87. The van der Waals surface area contributed by atoms with E-state index in [-0.39, 0.29) is 11.0 Å². The minimum Gasteiger partial charge on any atom is -0.477 e. The van der Waals surface area contributed by atoms with Crippen LogP contribution in [0.1, 0.15) is 6.42 Å². The van der Waals surface area contributed by atoms with Gasteiger partial charge in [0.1, 0.15) is 5.02 Å². The van der Waals surface area contributed by atoms with Crippen molar-refractivity contribution in [3.8, 4) is 0 Å². The van der Waals surface area contributed by atoms with Crippen molar-refractivity contribution in [1.82, 2.24) is 4.98 Å². The molecule has 0 bridgehead atoms. The monoisotopic (exact) mass is 306 g/mol. The second-order valence-electron chi connectivity index (χ2n) is 3.09. The molecule has 86 valence electrons. The van der Waals surface area contributed by atoms with Crippen molar-refractivity contribution in [3.05, 3.63) is 23.4 Å². The third-order valence-corrected chi connectivity index (χ3v) is 2.51. The molecule has 0 saturated carbocycles. The van der Waals surface area contributed by atoms with Crippen LogP contribution in [0.2, 0.25) is 5.02 Å². The summed E-state index contributed by atoms with van der Waals surface area (Å²) in [5.41, 5.74) is 0. The molecule has 1 aromatic heterocycles. The zero-order valence-electron chi connectivity index (χ0n) is 8.15. The average Bonchev–Trinajstić information content (AvgIpc) is 2.19. The van der Waals surface area contributed by atoms with E-state index in [1.807, 2.05) is 0 Å². The lowest BCUT2D eigenvalue weighted by atomic mass is 10.2. The lowest BCUT2D eigenvalue weighted by Gasteiger charge is -2.09. The number of carboxylic acid groups (broad SMARTS) is 1. The first-order valence-corrected chi connectivity index (χ1v) is 5.59. The Hall–Kier alpha value is -0.980. The van der Waals surface area contributed by atoms with E-state index in [2.05, 4.69) is 20.9 Å². The molecule has 0 fully saturated rings. The van der Waals surface area contributed by atoms with Crippen molar-refractivity contribution in [2.75, 3.05) is 0 Å². The number of nitrogens with one attached hydrogen (secondary N) is 1. The van der Waals surface area contributed by atoms with E-state index in [1.165, 1.54) is 11.5 Å². The van der Waals surface area contributed by atoms with E-state index >= 15 is 0 Å². The molecule has 0 aromatic carbocycles. The van der Waals surface area contributed by atoms with Gasteiger partial charge in [0, 0.05) is 6.20 Å². The summed E-state index contributed by atoms with van der Waals surface area (Å²) >= 11 is 8.78. The zero-order chi connectivity index (χ0) is 12.1. The second kappa shape index (κ2) is 5.93. The van der Waals surface area contributed by atoms with Gasteiger partial charge in [-0.2, -0.15) is 0 Å². The largest absolute Gasteiger partial charge is 0.477 e. The Morgan fingerprint density at radius 3 is 2.94 bits per heavy atom. The number of pyridine rings is 1. The molecular weight excluding hydrogens is 297 g/mol. The topological polar surface area (TPSA) is 90.7 Å². The Morgan fingerprint density at radius 2 is 2.44 bits per heavy atom. The van der Waals surface area contributed by atoms with E-state index in [4.69, 9.17) is 22.1 Å². The van der Waals surface area contributed by atoms with Crippen LogP contribution in [0.25, 0.3) is 0 Å². The number of halogens is 2. The van der Waals surface area contributed by atoms with Crippen LogP contribution in [0.5, 0.6) is 0 Å². The molecule has 7 heteroatoms. The molecule has 16 heavy (non-hydrogen) atoms. The summed E-state index contributed by atoms with van der Waals surface area (Å²) in [6.45, 7) is 0. The maximum absolute atomic E-state index is 10.9. The second-order valence-corrected chi connectivity index (χ2v) is 4.46.